The first-order valence-electron chi connectivity index (χ1n) is 6.08. The van der Waals surface area contributed by atoms with E-state index in [1.54, 1.807) is 18.2 Å². The normalized spacial score (nSPS) is 19.8. The van der Waals surface area contributed by atoms with Crippen molar-refractivity contribution in [2.75, 3.05) is 6.79 Å². The largest absolute Gasteiger partial charge is 0.477 e. The van der Waals surface area contributed by atoms with Crippen LogP contribution < -0.4 is 19.9 Å². The second kappa shape index (κ2) is 4.08. The van der Waals surface area contributed by atoms with Crippen molar-refractivity contribution in [1.29, 1.82) is 0 Å². The summed E-state index contributed by atoms with van der Waals surface area (Å²) in [5, 5.41) is 0. The quantitative estimate of drug-likeness (QED) is 0.883. The fourth-order valence-corrected chi connectivity index (χ4v) is 2.51. The highest BCUT2D eigenvalue weighted by atomic mass is 16.7. The van der Waals surface area contributed by atoms with Gasteiger partial charge in [0.1, 0.15) is 5.75 Å². The molecular formula is C13H15NO4. The molecule has 0 spiro atoms. The van der Waals surface area contributed by atoms with Gasteiger partial charge in [0.2, 0.25) is 6.79 Å². The molecule has 5 nitrogen and oxygen atoms in total. The molecule has 5 heteroatoms. The average molecular weight is 249 g/mol. The molecule has 0 unspecified atom stereocenters. The molecule has 18 heavy (non-hydrogen) atoms. The summed E-state index contributed by atoms with van der Waals surface area (Å²) in [5.41, 5.74) is 4.62. The van der Waals surface area contributed by atoms with Crippen molar-refractivity contribution in [3.8, 4) is 17.2 Å². The Bertz CT molecular complexity index is 480. The predicted octanol–water partition coefficient (Wildman–Crippen LogP) is 1.59. The zero-order valence-electron chi connectivity index (χ0n) is 9.98. The number of benzene rings is 1. The average Bonchev–Trinajstić information content (AvgIpc) is 2.97. The van der Waals surface area contributed by atoms with Crippen LogP contribution in [0.3, 0.4) is 0 Å². The molecule has 1 amide bonds. The summed E-state index contributed by atoms with van der Waals surface area (Å²) in [7, 11) is 0. The predicted molar refractivity (Wildman–Crippen MR) is 63.6 cm³/mol. The molecule has 1 aromatic carbocycles. The summed E-state index contributed by atoms with van der Waals surface area (Å²) in [6.07, 6.45) is 3.29. The van der Waals surface area contributed by atoms with Crippen LogP contribution in [0, 0.1) is 0 Å². The molecule has 2 aliphatic rings. The van der Waals surface area contributed by atoms with Gasteiger partial charge in [-0.1, -0.05) is 0 Å². The summed E-state index contributed by atoms with van der Waals surface area (Å²) in [4.78, 5) is 11.6. The number of nitrogens with two attached hydrogens (primary N) is 1. The van der Waals surface area contributed by atoms with Crippen molar-refractivity contribution in [3.05, 3.63) is 18.2 Å². The highest BCUT2D eigenvalue weighted by Crippen LogP contribution is 2.39. The molecule has 2 N–H and O–H groups in total. The lowest BCUT2D eigenvalue weighted by Gasteiger charge is -2.26. The maximum atomic E-state index is 11.6. The van der Waals surface area contributed by atoms with E-state index in [9.17, 15) is 4.79 Å². The third-order valence-corrected chi connectivity index (χ3v) is 3.52. The Balaban J connectivity index is 1.85. The maximum Gasteiger partial charge on any atom is 0.261 e. The Morgan fingerprint density at radius 3 is 2.67 bits per heavy atom. The smallest absolute Gasteiger partial charge is 0.261 e. The molecule has 1 saturated carbocycles. The van der Waals surface area contributed by atoms with Gasteiger partial charge in [-0.15, -0.1) is 0 Å². The van der Waals surface area contributed by atoms with Crippen molar-refractivity contribution < 1.29 is 19.0 Å². The number of hydrogen-bond donors (Lipinski definition) is 1. The molecule has 0 radical (unpaired) electrons. The van der Waals surface area contributed by atoms with Gasteiger partial charge in [0.05, 0.1) is 0 Å². The van der Waals surface area contributed by atoms with Crippen LogP contribution in [-0.4, -0.2) is 18.3 Å². The first-order valence-corrected chi connectivity index (χ1v) is 6.08. The molecule has 0 bridgehead atoms. The van der Waals surface area contributed by atoms with Gasteiger partial charge < -0.3 is 19.9 Å². The van der Waals surface area contributed by atoms with Crippen LogP contribution in [0.25, 0.3) is 0 Å². The number of carbonyl (C=O) groups excluding carboxylic acids is 1. The van der Waals surface area contributed by atoms with Gasteiger partial charge in [0.15, 0.2) is 17.1 Å². The van der Waals surface area contributed by atoms with Gasteiger partial charge in [-0.3, -0.25) is 4.79 Å². The molecule has 96 valence electrons. The van der Waals surface area contributed by atoms with E-state index in [2.05, 4.69) is 0 Å². The molecule has 1 aromatic rings. The third-order valence-electron chi connectivity index (χ3n) is 3.52. The fourth-order valence-electron chi connectivity index (χ4n) is 2.51. The highest BCUT2D eigenvalue weighted by Gasteiger charge is 2.42. The van der Waals surface area contributed by atoms with Crippen molar-refractivity contribution >= 4 is 5.91 Å². The SMILES string of the molecule is NC(=O)C1(Oc2ccc3c(c2)OCO3)CCCC1. The molecule has 3 rings (SSSR count). The molecule has 1 aliphatic carbocycles. The van der Waals surface area contributed by atoms with Crippen molar-refractivity contribution in [2.45, 2.75) is 31.3 Å². The Morgan fingerprint density at radius 1 is 1.22 bits per heavy atom. The van der Waals surface area contributed by atoms with Gasteiger partial charge >= 0.3 is 0 Å². The summed E-state index contributed by atoms with van der Waals surface area (Å²) >= 11 is 0. The summed E-state index contributed by atoms with van der Waals surface area (Å²) in [6, 6.07) is 5.29. The zero-order chi connectivity index (χ0) is 12.6. The van der Waals surface area contributed by atoms with Gasteiger partial charge in [0.25, 0.3) is 5.91 Å². The number of carbonyl (C=O) groups is 1. The first-order chi connectivity index (χ1) is 8.70. The molecule has 1 aliphatic heterocycles. The minimum Gasteiger partial charge on any atom is -0.477 e. The minimum absolute atomic E-state index is 0.222. The zero-order valence-corrected chi connectivity index (χ0v) is 9.98. The van der Waals surface area contributed by atoms with Gasteiger partial charge in [-0.25, -0.2) is 0 Å². The number of amides is 1. The van der Waals surface area contributed by atoms with E-state index < -0.39 is 11.5 Å². The number of primary amides is 1. The first kappa shape index (κ1) is 11.2. The molecule has 0 saturated heterocycles. The highest BCUT2D eigenvalue weighted by molar-refractivity contribution is 5.84. The number of ether oxygens (including phenoxy) is 3. The van der Waals surface area contributed by atoms with Crippen LogP contribution in [-0.2, 0) is 4.79 Å². The van der Waals surface area contributed by atoms with E-state index >= 15 is 0 Å². The second-order valence-electron chi connectivity index (χ2n) is 4.68. The van der Waals surface area contributed by atoms with Gasteiger partial charge in [-0.2, -0.15) is 0 Å². The van der Waals surface area contributed by atoms with E-state index in [0.717, 1.165) is 12.8 Å². The Morgan fingerprint density at radius 2 is 1.94 bits per heavy atom. The third kappa shape index (κ3) is 1.75. The number of rotatable bonds is 3. The van der Waals surface area contributed by atoms with Crippen molar-refractivity contribution in [1.82, 2.24) is 0 Å². The topological polar surface area (TPSA) is 70.8 Å². The number of fused-ring (bicyclic) bond motifs is 1. The monoisotopic (exact) mass is 249 g/mol. The lowest BCUT2D eigenvalue weighted by atomic mass is 10.0. The van der Waals surface area contributed by atoms with E-state index in [4.69, 9.17) is 19.9 Å². The van der Waals surface area contributed by atoms with Crippen LogP contribution in [0.2, 0.25) is 0 Å². The molecule has 1 heterocycles. The standard InChI is InChI=1S/C13H15NO4/c14-12(15)13(5-1-2-6-13)18-9-3-4-10-11(7-9)17-8-16-10/h3-4,7H,1-2,5-6,8H2,(H2,14,15). The van der Waals surface area contributed by atoms with E-state index in [-0.39, 0.29) is 6.79 Å². The Kier molecular flexibility index (Phi) is 2.54. The van der Waals surface area contributed by atoms with E-state index in [1.807, 2.05) is 0 Å². The molecule has 1 fully saturated rings. The van der Waals surface area contributed by atoms with Crippen molar-refractivity contribution in [3.63, 3.8) is 0 Å². The lowest BCUT2D eigenvalue weighted by Crippen LogP contribution is -2.46. The molecular weight excluding hydrogens is 234 g/mol. The fraction of sp³-hybridized carbons (Fsp3) is 0.462. The Labute approximate surface area is 105 Å². The maximum absolute atomic E-state index is 11.6. The number of hydrogen-bond acceptors (Lipinski definition) is 4. The lowest BCUT2D eigenvalue weighted by molar-refractivity contribution is -0.132. The van der Waals surface area contributed by atoms with Crippen LogP contribution >= 0.6 is 0 Å². The molecule has 0 atom stereocenters. The molecule has 0 aromatic heterocycles. The minimum atomic E-state index is -0.853. The second-order valence-corrected chi connectivity index (χ2v) is 4.68. The summed E-state index contributed by atoms with van der Waals surface area (Å²) in [5.74, 6) is 1.55. The van der Waals surface area contributed by atoms with Crippen LogP contribution in [0.4, 0.5) is 0 Å². The van der Waals surface area contributed by atoms with Gasteiger partial charge in [0, 0.05) is 6.07 Å². The van der Waals surface area contributed by atoms with Crippen molar-refractivity contribution in [2.24, 2.45) is 5.73 Å². The van der Waals surface area contributed by atoms with Crippen LogP contribution in [0.15, 0.2) is 18.2 Å². The summed E-state index contributed by atoms with van der Waals surface area (Å²) in [6.45, 7) is 0.222. The summed E-state index contributed by atoms with van der Waals surface area (Å²) < 4.78 is 16.3. The van der Waals surface area contributed by atoms with Crippen LogP contribution in [0.1, 0.15) is 25.7 Å². The van der Waals surface area contributed by atoms with E-state index in [1.165, 1.54) is 0 Å². The van der Waals surface area contributed by atoms with E-state index in [0.29, 0.717) is 30.1 Å². The Hall–Kier alpha value is -1.91. The van der Waals surface area contributed by atoms with Crippen LogP contribution in [0.5, 0.6) is 17.2 Å². The van der Waals surface area contributed by atoms with Gasteiger partial charge in [-0.05, 0) is 37.8 Å².